The van der Waals surface area contributed by atoms with E-state index < -0.39 is 6.10 Å². The zero-order valence-corrected chi connectivity index (χ0v) is 11.5. The molecule has 1 atom stereocenters. The lowest BCUT2D eigenvalue weighted by atomic mass is 10.1. The van der Waals surface area contributed by atoms with E-state index in [1.807, 2.05) is 11.4 Å². The molecule has 0 aliphatic carbocycles. The zero-order valence-electron chi connectivity index (χ0n) is 9.13. The van der Waals surface area contributed by atoms with Crippen molar-refractivity contribution in [3.05, 3.63) is 38.6 Å². The molecule has 0 radical (unpaired) electrons. The average molecular weight is 315 g/mol. The number of rotatable bonds is 4. The van der Waals surface area contributed by atoms with E-state index in [0.717, 1.165) is 9.35 Å². The summed E-state index contributed by atoms with van der Waals surface area (Å²) < 4.78 is 5.94. The van der Waals surface area contributed by atoms with Gasteiger partial charge in [0.25, 0.3) is 0 Å². The topological polar surface area (TPSA) is 55.2 Å². The number of aliphatic hydroxyl groups is 1. The quantitative estimate of drug-likeness (QED) is 0.942. The second-order valence-electron chi connectivity index (χ2n) is 3.45. The van der Waals surface area contributed by atoms with Crippen molar-refractivity contribution < 1.29 is 9.84 Å². The second kappa shape index (κ2) is 5.57. The molecular weight excluding hydrogens is 304 g/mol. The third-order valence-electron chi connectivity index (χ3n) is 2.23. The van der Waals surface area contributed by atoms with E-state index in [4.69, 9.17) is 4.74 Å². The Labute approximate surface area is 111 Å². The molecule has 0 spiro atoms. The molecule has 1 N–H and O–H groups in total. The number of ether oxygens (including phenoxy) is 1. The highest BCUT2D eigenvalue weighted by Crippen LogP contribution is 2.24. The summed E-state index contributed by atoms with van der Waals surface area (Å²) in [6, 6.07) is 5.40. The molecule has 2 aromatic rings. The van der Waals surface area contributed by atoms with Crippen molar-refractivity contribution in [2.45, 2.75) is 12.5 Å². The average Bonchev–Trinajstić information content (AvgIpc) is 2.75. The van der Waals surface area contributed by atoms with Crippen molar-refractivity contribution in [2.24, 2.45) is 0 Å². The fourth-order valence-electron chi connectivity index (χ4n) is 1.37. The van der Waals surface area contributed by atoms with Crippen LogP contribution in [0.1, 0.15) is 16.7 Å². The van der Waals surface area contributed by atoms with Crippen LogP contribution in [0.25, 0.3) is 0 Å². The summed E-state index contributed by atoms with van der Waals surface area (Å²) in [7, 11) is 1.53. The summed E-state index contributed by atoms with van der Waals surface area (Å²) in [5.41, 5.74) is 0.551. The van der Waals surface area contributed by atoms with E-state index in [9.17, 15) is 5.11 Å². The van der Waals surface area contributed by atoms with Gasteiger partial charge in [0.05, 0.1) is 12.8 Å². The Morgan fingerprint density at radius 1 is 1.47 bits per heavy atom. The van der Waals surface area contributed by atoms with Crippen LogP contribution in [-0.4, -0.2) is 22.4 Å². The second-order valence-corrected chi connectivity index (χ2v) is 5.36. The van der Waals surface area contributed by atoms with Crippen LogP contribution >= 0.6 is 27.3 Å². The standard InChI is InChI=1S/C11H11BrN2O2S/c1-16-11-3-2-9(13-14-11)10(15)5-8-4-7(12)6-17-8/h2-4,6,10,15H,5H2,1H3. The minimum atomic E-state index is -0.640. The van der Waals surface area contributed by atoms with Gasteiger partial charge >= 0.3 is 0 Å². The van der Waals surface area contributed by atoms with Crippen LogP contribution in [0.5, 0.6) is 5.88 Å². The Balaban J connectivity index is 2.06. The first-order chi connectivity index (χ1) is 8.19. The molecule has 0 saturated heterocycles. The number of hydrogen-bond donors (Lipinski definition) is 1. The number of nitrogens with zero attached hydrogens (tertiary/aromatic N) is 2. The van der Waals surface area contributed by atoms with Gasteiger partial charge in [-0.15, -0.1) is 21.5 Å². The van der Waals surface area contributed by atoms with E-state index in [-0.39, 0.29) is 0 Å². The van der Waals surface area contributed by atoms with Crippen molar-refractivity contribution in [2.75, 3.05) is 7.11 Å². The normalized spacial score (nSPS) is 12.4. The Bertz CT molecular complexity index is 486. The van der Waals surface area contributed by atoms with Crippen molar-refractivity contribution in [1.29, 1.82) is 0 Å². The number of thiophene rings is 1. The van der Waals surface area contributed by atoms with Gasteiger partial charge in [-0.05, 0) is 28.1 Å². The first kappa shape index (κ1) is 12.5. The molecule has 1 unspecified atom stereocenters. The van der Waals surface area contributed by atoms with Crippen molar-refractivity contribution in [3.8, 4) is 5.88 Å². The summed E-state index contributed by atoms with van der Waals surface area (Å²) in [5, 5.41) is 19.7. The molecule has 0 fully saturated rings. The van der Waals surface area contributed by atoms with Gasteiger partial charge in [0.1, 0.15) is 6.10 Å². The van der Waals surface area contributed by atoms with Gasteiger partial charge < -0.3 is 9.84 Å². The van der Waals surface area contributed by atoms with E-state index in [2.05, 4.69) is 26.1 Å². The van der Waals surface area contributed by atoms with Crippen LogP contribution < -0.4 is 4.74 Å². The van der Waals surface area contributed by atoms with Crippen LogP contribution in [0.3, 0.4) is 0 Å². The van der Waals surface area contributed by atoms with Crippen LogP contribution in [0.2, 0.25) is 0 Å². The van der Waals surface area contributed by atoms with E-state index in [1.54, 1.807) is 23.5 Å². The van der Waals surface area contributed by atoms with E-state index >= 15 is 0 Å². The number of aromatic nitrogens is 2. The van der Waals surface area contributed by atoms with Crippen molar-refractivity contribution in [1.82, 2.24) is 10.2 Å². The molecule has 0 aliphatic heterocycles. The van der Waals surface area contributed by atoms with Crippen LogP contribution in [0.4, 0.5) is 0 Å². The van der Waals surface area contributed by atoms with Gasteiger partial charge in [0, 0.05) is 27.2 Å². The van der Waals surface area contributed by atoms with Gasteiger partial charge in [-0.1, -0.05) is 0 Å². The summed E-state index contributed by atoms with van der Waals surface area (Å²) >= 11 is 4.98. The minimum Gasteiger partial charge on any atom is -0.480 e. The molecule has 2 heterocycles. The number of halogens is 1. The van der Waals surface area contributed by atoms with Gasteiger partial charge in [0.15, 0.2) is 0 Å². The molecule has 0 bridgehead atoms. The summed E-state index contributed by atoms with van der Waals surface area (Å²) in [6.45, 7) is 0. The maximum absolute atomic E-state index is 9.99. The van der Waals surface area contributed by atoms with E-state index in [0.29, 0.717) is 18.0 Å². The molecule has 2 aromatic heterocycles. The minimum absolute atomic E-state index is 0.444. The Morgan fingerprint density at radius 3 is 2.82 bits per heavy atom. The molecule has 0 aromatic carbocycles. The number of hydrogen-bond acceptors (Lipinski definition) is 5. The first-order valence-corrected chi connectivity index (χ1v) is 6.65. The molecule has 17 heavy (non-hydrogen) atoms. The third-order valence-corrected chi connectivity index (χ3v) is 3.95. The Kier molecular flexibility index (Phi) is 4.09. The van der Waals surface area contributed by atoms with Crippen LogP contribution in [0, 0.1) is 0 Å². The highest BCUT2D eigenvalue weighted by atomic mass is 79.9. The van der Waals surface area contributed by atoms with Crippen LogP contribution in [0.15, 0.2) is 28.1 Å². The fourth-order valence-corrected chi connectivity index (χ4v) is 2.86. The molecule has 6 heteroatoms. The van der Waals surface area contributed by atoms with Crippen LogP contribution in [-0.2, 0) is 6.42 Å². The predicted molar refractivity (Wildman–Crippen MR) is 69.3 cm³/mol. The number of methoxy groups -OCH3 is 1. The molecule has 0 amide bonds. The number of aliphatic hydroxyl groups excluding tert-OH is 1. The largest absolute Gasteiger partial charge is 0.480 e. The lowest BCUT2D eigenvalue weighted by Gasteiger charge is -2.08. The van der Waals surface area contributed by atoms with Gasteiger partial charge in [-0.3, -0.25) is 0 Å². The fraction of sp³-hybridized carbons (Fsp3) is 0.273. The molecular formula is C11H11BrN2O2S. The lowest BCUT2D eigenvalue weighted by molar-refractivity contribution is 0.173. The summed E-state index contributed by atoms with van der Waals surface area (Å²) in [5.74, 6) is 0.444. The molecule has 2 rings (SSSR count). The zero-order chi connectivity index (χ0) is 12.3. The smallest absolute Gasteiger partial charge is 0.233 e. The monoisotopic (exact) mass is 314 g/mol. The highest BCUT2D eigenvalue weighted by Gasteiger charge is 2.12. The van der Waals surface area contributed by atoms with E-state index in [1.165, 1.54) is 7.11 Å². The van der Waals surface area contributed by atoms with Crippen molar-refractivity contribution in [3.63, 3.8) is 0 Å². The van der Waals surface area contributed by atoms with Crippen molar-refractivity contribution >= 4 is 27.3 Å². The molecule has 90 valence electrons. The molecule has 0 aliphatic rings. The highest BCUT2D eigenvalue weighted by molar-refractivity contribution is 9.10. The lowest BCUT2D eigenvalue weighted by Crippen LogP contribution is -2.04. The first-order valence-electron chi connectivity index (χ1n) is 4.97. The summed E-state index contributed by atoms with van der Waals surface area (Å²) in [6.07, 6.45) is -0.101. The Morgan fingerprint density at radius 2 is 2.29 bits per heavy atom. The third kappa shape index (κ3) is 3.24. The van der Waals surface area contributed by atoms with Gasteiger partial charge in [-0.25, -0.2) is 0 Å². The molecule has 0 saturated carbocycles. The summed E-state index contributed by atoms with van der Waals surface area (Å²) in [4.78, 5) is 1.10. The van der Waals surface area contributed by atoms with Gasteiger partial charge in [-0.2, -0.15) is 0 Å². The SMILES string of the molecule is COc1ccc(C(O)Cc2cc(Br)cs2)nn1. The van der Waals surface area contributed by atoms with Gasteiger partial charge in [0.2, 0.25) is 5.88 Å². The predicted octanol–water partition coefficient (Wildman–Crippen LogP) is 2.59. The molecule has 4 nitrogen and oxygen atoms in total. The maximum Gasteiger partial charge on any atom is 0.233 e. The maximum atomic E-state index is 9.99. The Hall–Kier alpha value is -0.980.